The van der Waals surface area contributed by atoms with Crippen molar-refractivity contribution in [3.8, 4) is 11.5 Å². The van der Waals surface area contributed by atoms with Crippen LogP contribution in [0.3, 0.4) is 0 Å². The molecule has 26 heavy (non-hydrogen) atoms. The van der Waals surface area contributed by atoms with Crippen molar-refractivity contribution in [2.24, 2.45) is 10.7 Å². The fourth-order valence-electron chi connectivity index (χ4n) is 3.16. The van der Waals surface area contributed by atoms with Crippen LogP contribution in [0.2, 0.25) is 5.02 Å². The molecule has 0 spiro atoms. The summed E-state index contributed by atoms with van der Waals surface area (Å²) >= 11 is 5.98. The highest BCUT2D eigenvalue weighted by atomic mass is 35.5. The highest BCUT2D eigenvalue weighted by Crippen LogP contribution is 2.48. The Balaban J connectivity index is 1.42. The second kappa shape index (κ2) is 7.08. The van der Waals surface area contributed by atoms with Crippen molar-refractivity contribution >= 4 is 23.2 Å². The van der Waals surface area contributed by atoms with E-state index < -0.39 is 0 Å². The topological polar surface area (TPSA) is 68.9 Å². The minimum Gasteiger partial charge on any atom is -0.490 e. The zero-order valence-corrected chi connectivity index (χ0v) is 15.3. The Morgan fingerprint density at radius 3 is 2.54 bits per heavy atom. The summed E-state index contributed by atoms with van der Waals surface area (Å²) in [5.74, 6) is 1.91. The van der Waals surface area contributed by atoms with E-state index >= 15 is 0 Å². The molecule has 0 atom stereocenters. The van der Waals surface area contributed by atoms with Gasteiger partial charge in [0.15, 0.2) is 17.5 Å². The smallest absolute Gasteiger partial charge is 0.193 e. The molecule has 5 nitrogen and oxygen atoms in total. The van der Waals surface area contributed by atoms with Crippen LogP contribution in [0.15, 0.2) is 47.5 Å². The number of anilines is 1. The molecule has 3 N–H and O–H groups in total. The molecule has 1 fully saturated rings. The van der Waals surface area contributed by atoms with Crippen LogP contribution in [0.1, 0.15) is 24.8 Å². The number of nitrogens with zero attached hydrogens (tertiary/aromatic N) is 1. The summed E-state index contributed by atoms with van der Waals surface area (Å²) in [6, 6.07) is 13.7. The molecule has 1 aliphatic heterocycles. The summed E-state index contributed by atoms with van der Waals surface area (Å²) < 4.78 is 11.3. The molecule has 2 aromatic carbocycles. The zero-order valence-electron chi connectivity index (χ0n) is 14.5. The molecule has 0 aromatic heterocycles. The van der Waals surface area contributed by atoms with Crippen molar-refractivity contribution in [3.63, 3.8) is 0 Å². The van der Waals surface area contributed by atoms with E-state index in [4.69, 9.17) is 26.8 Å². The highest BCUT2D eigenvalue weighted by Gasteiger charge is 2.44. The maximum atomic E-state index is 6.10. The molecule has 0 unspecified atom stereocenters. The Morgan fingerprint density at radius 2 is 1.81 bits per heavy atom. The molecule has 2 aromatic rings. The predicted molar refractivity (Wildman–Crippen MR) is 105 cm³/mol. The lowest BCUT2D eigenvalue weighted by atomic mass is 9.96. The van der Waals surface area contributed by atoms with E-state index in [0.717, 1.165) is 41.5 Å². The lowest BCUT2D eigenvalue weighted by Gasteiger charge is -2.14. The molecule has 1 saturated carbocycles. The first-order valence-electron chi connectivity index (χ1n) is 8.87. The molecule has 0 radical (unpaired) electrons. The summed E-state index contributed by atoms with van der Waals surface area (Å²) in [7, 11) is 0. The lowest BCUT2D eigenvalue weighted by Crippen LogP contribution is -2.25. The average Bonchev–Trinajstić information content (AvgIpc) is 3.45. The fraction of sp³-hybridized carbons (Fsp3) is 0.350. The number of hydrogen-bond acceptors (Lipinski definition) is 3. The normalized spacial score (nSPS) is 18.1. The van der Waals surface area contributed by atoms with E-state index in [1.165, 1.54) is 5.56 Å². The summed E-state index contributed by atoms with van der Waals surface area (Å²) in [4.78, 5) is 4.56. The predicted octanol–water partition coefficient (Wildman–Crippen LogP) is 3.96. The second-order valence-electron chi connectivity index (χ2n) is 6.83. The Hall–Kier alpha value is -2.40. The number of benzene rings is 2. The fourth-order valence-corrected chi connectivity index (χ4v) is 3.28. The van der Waals surface area contributed by atoms with Gasteiger partial charge in [0, 0.05) is 28.6 Å². The van der Waals surface area contributed by atoms with Gasteiger partial charge in [-0.2, -0.15) is 0 Å². The van der Waals surface area contributed by atoms with Crippen LogP contribution in [0, 0.1) is 0 Å². The van der Waals surface area contributed by atoms with Crippen LogP contribution in [0.4, 0.5) is 5.69 Å². The molecule has 0 saturated heterocycles. The van der Waals surface area contributed by atoms with Crippen LogP contribution >= 0.6 is 11.6 Å². The first-order valence-corrected chi connectivity index (χ1v) is 9.25. The zero-order chi connectivity index (χ0) is 18.0. The maximum absolute atomic E-state index is 6.10. The summed E-state index contributed by atoms with van der Waals surface area (Å²) in [6.45, 7) is 2.00. The molecule has 4 rings (SSSR count). The molecular formula is C20H22ClN3O2. The first-order chi connectivity index (χ1) is 12.6. The largest absolute Gasteiger partial charge is 0.490 e. The third kappa shape index (κ3) is 3.73. The van der Waals surface area contributed by atoms with Crippen LogP contribution < -0.4 is 20.5 Å². The molecule has 136 valence electrons. The number of aliphatic imine (C=N–C) groups is 1. The first kappa shape index (κ1) is 17.0. The number of nitrogens with one attached hydrogen (secondary N) is 1. The van der Waals surface area contributed by atoms with Gasteiger partial charge in [-0.15, -0.1) is 0 Å². The number of fused-ring (bicyclic) bond motifs is 1. The van der Waals surface area contributed by atoms with Gasteiger partial charge in [-0.1, -0.05) is 23.7 Å². The van der Waals surface area contributed by atoms with Crippen molar-refractivity contribution in [3.05, 3.63) is 53.1 Å². The quantitative estimate of drug-likeness (QED) is 0.630. The molecular weight excluding hydrogens is 350 g/mol. The third-order valence-electron chi connectivity index (χ3n) is 4.88. The number of guanidine groups is 1. The number of hydrogen-bond donors (Lipinski definition) is 2. The van der Waals surface area contributed by atoms with Crippen molar-refractivity contribution < 1.29 is 9.47 Å². The second-order valence-corrected chi connectivity index (χ2v) is 7.26. The molecule has 0 bridgehead atoms. The number of ether oxygens (including phenoxy) is 2. The van der Waals surface area contributed by atoms with Crippen molar-refractivity contribution in [2.75, 3.05) is 25.1 Å². The molecule has 1 heterocycles. The van der Waals surface area contributed by atoms with Crippen molar-refractivity contribution in [1.29, 1.82) is 0 Å². The number of halogens is 1. The molecule has 6 heteroatoms. The van der Waals surface area contributed by atoms with Crippen LogP contribution in [-0.2, 0) is 5.41 Å². The van der Waals surface area contributed by atoms with Gasteiger partial charge in [0.05, 0.1) is 19.8 Å². The highest BCUT2D eigenvalue weighted by molar-refractivity contribution is 6.30. The Bertz CT molecular complexity index is 816. The molecule has 0 amide bonds. The van der Waals surface area contributed by atoms with E-state index in [0.29, 0.717) is 25.7 Å². The molecule has 1 aliphatic carbocycles. The van der Waals surface area contributed by atoms with Crippen molar-refractivity contribution in [1.82, 2.24) is 0 Å². The number of nitrogens with two attached hydrogens (primary N) is 1. The SMILES string of the molecule is NC(=NCC1(c2ccc(Cl)cc2)CC1)Nc1ccc2c(c1)OCCCO2. The number of rotatable bonds is 4. The van der Waals surface area contributed by atoms with Crippen molar-refractivity contribution in [2.45, 2.75) is 24.7 Å². The van der Waals surface area contributed by atoms with E-state index in [9.17, 15) is 0 Å². The Kier molecular flexibility index (Phi) is 4.64. The van der Waals surface area contributed by atoms with E-state index in [1.54, 1.807) is 0 Å². The van der Waals surface area contributed by atoms with Gasteiger partial charge in [-0.05, 0) is 42.7 Å². The minimum atomic E-state index is 0.0988. The van der Waals surface area contributed by atoms with E-state index in [1.807, 2.05) is 30.3 Å². The monoisotopic (exact) mass is 371 g/mol. The van der Waals surface area contributed by atoms with Crippen LogP contribution in [0.5, 0.6) is 11.5 Å². The third-order valence-corrected chi connectivity index (χ3v) is 5.13. The Morgan fingerprint density at radius 1 is 1.08 bits per heavy atom. The van der Waals surface area contributed by atoms with Gasteiger partial charge in [0.1, 0.15) is 0 Å². The average molecular weight is 372 g/mol. The standard InChI is InChI=1S/C20H22ClN3O2/c21-15-4-2-14(3-5-15)20(8-9-20)13-23-19(22)24-16-6-7-17-18(12-16)26-11-1-10-25-17/h2-7,12H,1,8-11,13H2,(H3,22,23,24). The van der Waals surface area contributed by atoms with E-state index in [2.05, 4.69) is 22.4 Å². The van der Waals surface area contributed by atoms with Gasteiger partial charge in [-0.25, -0.2) is 0 Å². The summed E-state index contributed by atoms with van der Waals surface area (Å²) in [6.07, 6.45) is 3.12. The Labute approximate surface area is 158 Å². The lowest BCUT2D eigenvalue weighted by molar-refractivity contribution is 0.297. The maximum Gasteiger partial charge on any atom is 0.193 e. The van der Waals surface area contributed by atoms with Gasteiger partial charge in [-0.3, -0.25) is 4.99 Å². The van der Waals surface area contributed by atoms with Crippen LogP contribution in [-0.4, -0.2) is 25.7 Å². The van der Waals surface area contributed by atoms with Gasteiger partial charge >= 0.3 is 0 Å². The van der Waals surface area contributed by atoms with Gasteiger partial charge in [0.25, 0.3) is 0 Å². The van der Waals surface area contributed by atoms with Crippen LogP contribution in [0.25, 0.3) is 0 Å². The summed E-state index contributed by atoms with van der Waals surface area (Å²) in [5.41, 5.74) is 8.31. The summed E-state index contributed by atoms with van der Waals surface area (Å²) in [5, 5.41) is 3.90. The van der Waals surface area contributed by atoms with Gasteiger partial charge < -0.3 is 20.5 Å². The van der Waals surface area contributed by atoms with E-state index in [-0.39, 0.29) is 5.41 Å². The minimum absolute atomic E-state index is 0.0988. The van der Waals surface area contributed by atoms with Gasteiger partial charge in [0.2, 0.25) is 0 Å². The molecule has 2 aliphatic rings.